The summed E-state index contributed by atoms with van der Waals surface area (Å²) < 4.78 is 5.74. The van der Waals surface area contributed by atoms with Gasteiger partial charge >= 0.3 is 0 Å². The van der Waals surface area contributed by atoms with Gasteiger partial charge < -0.3 is 4.74 Å². The van der Waals surface area contributed by atoms with E-state index in [1.54, 1.807) is 0 Å². The first-order valence-electron chi connectivity index (χ1n) is 5.27. The van der Waals surface area contributed by atoms with Crippen molar-refractivity contribution < 1.29 is 4.74 Å². The molecule has 14 heavy (non-hydrogen) atoms. The zero-order valence-corrected chi connectivity index (χ0v) is 9.21. The molecule has 0 amide bonds. The Hall–Kier alpha value is -0.820. The van der Waals surface area contributed by atoms with E-state index < -0.39 is 0 Å². The molecule has 1 heteroatoms. The number of aryl methyl sites for hydroxylation is 1. The average molecular weight is 190 g/mol. The second-order valence-corrected chi connectivity index (χ2v) is 4.88. The summed E-state index contributed by atoms with van der Waals surface area (Å²) in [5.74, 6) is 0.589. The molecule has 0 N–H and O–H groups in total. The normalized spacial score (nSPS) is 25.2. The molecule has 1 nitrogen and oxygen atoms in total. The SMILES string of the molecule is Cc1ccc([C@@H]2COC(C)(C)C2)cc1. The van der Waals surface area contributed by atoms with Crippen LogP contribution in [0.1, 0.15) is 37.3 Å². The number of hydrogen-bond acceptors (Lipinski definition) is 1. The lowest BCUT2D eigenvalue weighted by Gasteiger charge is -2.15. The summed E-state index contributed by atoms with van der Waals surface area (Å²) >= 11 is 0. The van der Waals surface area contributed by atoms with Crippen LogP contribution in [0.2, 0.25) is 0 Å². The first-order chi connectivity index (χ1) is 6.57. The fourth-order valence-electron chi connectivity index (χ4n) is 2.09. The van der Waals surface area contributed by atoms with E-state index in [0.717, 1.165) is 13.0 Å². The van der Waals surface area contributed by atoms with Crippen LogP contribution in [0.25, 0.3) is 0 Å². The van der Waals surface area contributed by atoms with Gasteiger partial charge in [-0.25, -0.2) is 0 Å². The van der Waals surface area contributed by atoms with Crippen molar-refractivity contribution in [3.05, 3.63) is 35.4 Å². The lowest BCUT2D eigenvalue weighted by Crippen LogP contribution is -2.16. The summed E-state index contributed by atoms with van der Waals surface area (Å²) in [4.78, 5) is 0. The smallest absolute Gasteiger partial charge is 0.0633 e. The summed E-state index contributed by atoms with van der Waals surface area (Å²) in [6, 6.07) is 8.82. The monoisotopic (exact) mass is 190 g/mol. The van der Waals surface area contributed by atoms with Gasteiger partial charge in [-0.15, -0.1) is 0 Å². The van der Waals surface area contributed by atoms with E-state index in [-0.39, 0.29) is 5.60 Å². The first kappa shape index (κ1) is 9.72. The van der Waals surface area contributed by atoms with Crippen molar-refractivity contribution in [1.82, 2.24) is 0 Å². The molecule has 0 bridgehead atoms. The van der Waals surface area contributed by atoms with E-state index in [0.29, 0.717) is 5.92 Å². The molecule has 76 valence electrons. The number of benzene rings is 1. The van der Waals surface area contributed by atoms with Crippen LogP contribution in [0.15, 0.2) is 24.3 Å². The molecule has 0 aromatic heterocycles. The molecule has 1 atom stereocenters. The Kier molecular flexibility index (Phi) is 2.36. The minimum Gasteiger partial charge on any atom is -0.375 e. The molecule has 1 aromatic rings. The molecule has 1 aliphatic rings. The third-order valence-corrected chi connectivity index (χ3v) is 2.96. The van der Waals surface area contributed by atoms with E-state index in [2.05, 4.69) is 45.0 Å². The lowest BCUT2D eigenvalue weighted by atomic mass is 9.91. The van der Waals surface area contributed by atoms with Crippen LogP contribution >= 0.6 is 0 Å². The fraction of sp³-hybridized carbons (Fsp3) is 0.538. The zero-order chi connectivity index (χ0) is 10.2. The topological polar surface area (TPSA) is 9.23 Å². The van der Waals surface area contributed by atoms with Gasteiger partial charge in [0.05, 0.1) is 12.2 Å². The maximum absolute atomic E-state index is 5.74. The number of rotatable bonds is 1. The van der Waals surface area contributed by atoms with Crippen molar-refractivity contribution in [3.8, 4) is 0 Å². The Labute approximate surface area is 86.1 Å². The predicted molar refractivity (Wildman–Crippen MR) is 58.6 cm³/mol. The van der Waals surface area contributed by atoms with Crippen molar-refractivity contribution in [2.45, 2.75) is 38.7 Å². The molecule has 2 rings (SSSR count). The standard InChI is InChI=1S/C13H18O/c1-10-4-6-11(7-5-10)12-8-13(2,3)14-9-12/h4-7,12H,8-9H2,1-3H3/t12-/m0/s1. The predicted octanol–water partition coefficient (Wildman–Crippen LogP) is 3.28. The van der Waals surface area contributed by atoms with Crippen LogP contribution < -0.4 is 0 Å². The second-order valence-electron chi connectivity index (χ2n) is 4.88. The van der Waals surface area contributed by atoms with Crippen LogP contribution in [-0.2, 0) is 4.74 Å². The molecule has 0 saturated carbocycles. The molecule has 0 spiro atoms. The van der Waals surface area contributed by atoms with Crippen LogP contribution in [0.3, 0.4) is 0 Å². The molecular formula is C13H18O. The fourth-order valence-corrected chi connectivity index (χ4v) is 2.09. The highest BCUT2D eigenvalue weighted by atomic mass is 16.5. The van der Waals surface area contributed by atoms with E-state index in [1.165, 1.54) is 11.1 Å². The molecule has 1 heterocycles. The maximum Gasteiger partial charge on any atom is 0.0633 e. The average Bonchev–Trinajstić information content (AvgIpc) is 2.47. The Morgan fingerprint density at radius 3 is 2.36 bits per heavy atom. The number of hydrogen-bond donors (Lipinski definition) is 0. The minimum absolute atomic E-state index is 0.0650. The van der Waals surface area contributed by atoms with E-state index >= 15 is 0 Å². The summed E-state index contributed by atoms with van der Waals surface area (Å²) in [7, 11) is 0. The third-order valence-electron chi connectivity index (χ3n) is 2.96. The molecule has 1 aliphatic heterocycles. The summed E-state index contributed by atoms with van der Waals surface area (Å²) in [5.41, 5.74) is 2.81. The summed E-state index contributed by atoms with van der Waals surface area (Å²) in [5, 5.41) is 0. The minimum atomic E-state index is 0.0650. The molecule has 1 aromatic carbocycles. The van der Waals surface area contributed by atoms with Gasteiger partial charge in [-0.3, -0.25) is 0 Å². The molecule has 1 saturated heterocycles. The Morgan fingerprint density at radius 1 is 1.21 bits per heavy atom. The molecule has 1 fully saturated rings. The Morgan fingerprint density at radius 2 is 1.86 bits per heavy atom. The Bertz CT molecular complexity index is 311. The molecule has 0 radical (unpaired) electrons. The van der Waals surface area contributed by atoms with E-state index in [1.807, 2.05) is 0 Å². The maximum atomic E-state index is 5.74. The molecule has 0 aliphatic carbocycles. The largest absolute Gasteiger partial charge is 0.375 e. The van der Waals surface area contributed by atoms with Gasteiger partial charge in [0.2, 0.25) is 0 Å². The van der Waals surface area contributed by atoms with Crippen molar-refractivity contribution in [2.24, 2.45) is 0 Å². The summed E-state index contributed by atoms with van der Waals surface area (Å²) in [6.07, 6.45) is 1.13. The number of ether oxygens (including phenoxy) is 1. The van der Waals surface area contributed by atoms with Gasteiger partial charge in [0.25, 0.3) is 0 Å². The highest BCUT2D eigenvalue weighted by molar-refractivity contribution is 5.25. The van der Waals surface area contributed by atoms with Gasteiger partial charge in [0.1, 0.15) is 0 Å². The summed E-state index contributed by atoms with van der Waals surface area (Å²) in [6.45, 7) is 7.33. The quantitative estimate of drug-likeness (QED) is 0.660. The third kappa shape index (κ3) is 1.98. The van der Waals surface area contributed by atoms with Crippen molar-refractivity contribution in [2.75, 3.05) is 6.61 Å². The highest BCUT2D eigenvalue weighted by Gasteiger charge is 2.32. The van der Waals surface area contributed by atoms with Crippen LogP contribution in [-0.4, -0.2) is 12.2 Å². The van der Waals surface area contributed by atoms with Gasteiger partial charge in [0, 0.05) is 5.92 Å². The van der Waals surface area contributed by atoms with Crippen LogP contribution in [0, 0.1) is 6.92 Å². The van der Waals surface area contributed by atoms with Crippen molar-refractivity contribution in [1.29, 1.82) is 0 Å². The molecular weight excluding hydrogens is 172 g/mol. The molecule has 0 unspecified atom stereocenters. The van der Waals surface area contributed by atoms with Gasteiger partial charge in [0.15, 0.2) is 0 Å². The van der Waals surface area contributed by atoms with Gasteiger partial charge in [-0.2, -0.15) is 0 Å². The highest BCUT2D eigenvalue weighted by Crippen LogP contribution is 2.35. The Balaban J connectivity index is 2.14. The van der Waals surface area contributed by atoms with E-state index in [4.69, 9.17) is 4.74 Å². The lowest BCUT2D eigenvalue weighted by molar-refractivity contribution is 0.0361. The second kappa shape index (κ2) is 3.39. The van der Waals surface area contributed by atoms with Crippen molar-refractivity contribution in [3.63, 3.8) is 0 Å². The van der Waals surface area contributed by atoms with E-state index in [9.17, 15) is 0 Å². The zero-order valence-electron chi connectivity index (χ0n) is 9.21. The van der Waals surface area contributed by atoms with Crippen molar-refractivity contribution >= 4 is 0 Å². The van der Waals surface area contributed by atoms with Crippen LogP contribution in [0.5, 0.6) is 0 Å². The first-order valence-corrected chi connectivity index (χ1v) is 5.27. The van der Waals surface area contributed by atoms with Crippen LogP contribution in [0.4, 0.5) is 0 Å². The van der Waals surface area contributed by atoms with Gasteiger partial charge in [-0.05, 0) is 32.8 Å². The van der Waals surface area contributed by atoms with Gasteiger partial charge in [-0.1, -0.05) is 29.8 Å².